The van der Waals surface area contributed by atoms with Crippen molar-refractivity contribution in [1.29, 1.82) is 0 Å². The minimum atomic E-state index is -4.19. The Balaban J connectivity index is 2.03. The number of anilines is 1. The largest absolute Gasteiger partial charge is 0.354 e. The van der Waals surface area contributed by atoms with Gasteiger partial charge in [-0.05, 0) is 61.2 Å². The van der Waals surface area contributed by atoms with Crippen LogP contribution in [0.4, 0.5) is 10.1 Å². The van der Waals surface area contributed by atoms with Crippen LogP contribution >= 0.6 is 0 Å². The van der Waals surface area contributed by atoms with Gasteiger partial charge in [-0.15, -0.1) is 0 Å². The number of aryl methyl sites for hydroxylation is 1. The molecule has 0 saturated heterocycles. The van der Waals surface area contributed by atoms with E-state index in [9.17, 15) is 22.4 Å². The first-order valence-electron chi connectivity index (χ1n) is 13.0. The lowest BCUT2D eigenvalue weighted by Gasteiger charge is -2.33. The van der Waals surface area contributed by atoms with Crippen molar-refractivity contribution < 1.29 is 22.4 Å². The fourth-order valence-corrected chi connectivity index (χ4v) is 5.64. The summed E-state index contributed by atoms with van der Waals surface area (Å²) in [6.07, 6.45) is 0.337. The Morgan fingerprint density at radius 3 is 2.21 bits per heavy atom. The third kappa shape index (κ3) is 7.89. The molecule has 9 heteroatoms. The van der Waals surface area contributed by atoms with E-state index in [4.69, 9.17) is 0 Å². The third-order valence-corrected chi connectivity index (χ3v) is 8.02. The van der Waals surface area contributed by atoms with Crippen molar-refractivity contribution in [2.45, 2.75) is 51.6 Å². The molecule has 39 heavy (non-hydrogen) atoms. The summed E-state index contributed by atoms with van der Waals surface area (Å²) >= 11 is 0. The van der Waals surface area contributed by atoms with E-state index in [-0.39, 0.29) is 29.0 Å². The van der Waals surface area contributed by atoms with E-state index in [1.807, 2.05) is 52.0 Å². The number of halogens is 1. The van der Waals surface area contributed by atoms with Gasteiger partial charge in [0.05, 0.1) is 10.6 Å². The quantitative estimate of drug-likeness (QED) is 0.345. The van der Waals surface area contributed by atoms with Crippen LogP contribution in [0.1, 0.15) is 38.3 Å². The average molecular weight is 554 g/mol. The van der Waals surface area contributed by atoms with Crippen LogP contribution in [-0.4, -0.2) is 44.3 Å². The zero-order chi connectivity index (χ0) is 28.6. The molecule has 0 heterocycles. The van der Waals surface area contributed by atoms with Crippen LogP contribution in [-0.2, 0) is 26.2 Å². The second kappa shape index (κ2) is 13.4. The monoisotopic (exact) mass is 553 g/mol. The van der Waals surface area contributed by atoms with Crippen molar-refractivity contribution in [2.75, 3.05) is 17.4 Å². The molecular weight excluding hydrogens is 517 g/mol. The highest BCUT2D eigenvalue weighted by atomic mass is 32.2. The predicted molar refractivity (Wildman–Crippen MR) is 151 cm³/mol. The highest BCUT2D eigenvalue weighted by molar-refractivity contribution is 7.92. The first kappa shape index (κ1) is 29.8. The second-order valence-electron chi connectivity index (χ2n) is 9.87. The summed E-state index contributed by atoms with van der Waals surface area (Å²) in [6.45, 7) is 7.71. The minimum Gasteiger partial charge on any atom is -0.354 e. The summed E-state index contributed by atoms with van der Waals surface area (Å²) in [5.41, 5.74) is 1.95. The van der Waals surface area contributed by atoms with Crippen LogP contribution in [0.2, 0.25) is 0 Å². The van der Waals surface area contributed by atoms with Gasteiger partial charge in [0.2, 0.25) is 11.8 Å². The lowest BCUT2D eigenvalue weighted by molar-refractivity contribution is -0.140. The van der Waals surface area contributed by atoms with Gasteiger partial charge in [-0.2, -0.15) is 0 Å². The molecule has 0 aliphatic rings. The smallest absolute Gasteiger partial charge is 0.264 e. The number of nitrogens with zero attached hydrogens (tertiary/aromatic N) is 2. The van der Waals surface area contributed by atoms with Gasteiger partial charge < -0.3 is 10.2 Å². The molecule has 1 atom stereocenters. The maximum Gasteiger partial charge on any atom is 0.264 e. The fourth-order valence-electron chi connectivity index (χ4n) is 4.21. The molecule has 0 bridgehead atoms. The van der Waals surface area contributed by atoms with Crippen molar-refractivity contribution in [1.82, 2.24) is 10.2 Å². The highest BCUT2D eigenvalue weighted by Gasteiger charge is 2.33. The van der Waals surface area contributed by atoms with E-state index in [2.05, 4.69) is 5.32 Å². The Labute approximate surface area is 230 Å². The SMILES string of the molecule is CCC(C(=O)NCC(C)C)N(Cc1cccc(C)c1)C(=O)CN(c1ccc(F)cc1)S(=O)(=O)c1ccccc1. The number of carbonyl (C=O) groups is 2. The molecule has 0 radical (unpaired) electrons. The van der Waals surface area contributed by atoms with Gasteiger partial charge in [-0.1, -0.05) is 68.8 Å². The van der Waals surface area contributed by atoms with Crippen molar-refractivity contribution in [3.63, 3.8) is 0 Å². The standard InChI is InChI=1S/C30H36FN3O4S/c1-5-28(30(36)32-19-22(2)3)33(20-24-11-9-10-23(4)18-24)29(35)21-34(26-16-14-25(31)15-17-26)39(37,38)27-12-7-6-8-13-27/h6-18,22,28H,5,19-21H2,1-4H3,(H,32,36). The molecule has 0 aromatic heterocycles. The van der Waals surface area contributed by atoms with Crippen LogP contribution in [0.3, 0.4) is 0 Å². The van der Waals surface area contributed by atoms with Gasteiger partial charge >= 0.3 is 0 Å². The second-order valence-corrected chi connectivity index (χ2v) is 11.7. The minimum absolute atomic E-state index is 0.00548. The molecule has 2 amide bonds. The lowest BCUT2D eigenvalue weighted by atomic mass is 10.1. The van der Waals surface area contributed by atoms with Crippen molar-refractivity contribution in [3.05, 3.63) is 95.8 Å². The Morgan fingerprint density at radius 1 is 0.949 bits per heavy atom. The van der Waals surface area contributed by atoms with Crippen LogP contribution in [0.5, 0.6) is 0 Å². The zero-order valence-electron chi connectivity index (χ0n) is 22.8. The molecule has 7 nitrogen and oxygen atoms in total. The van der Waals surface area contributed by atoms with Crippen molar-refractivity contribution >= 4 is 27.5 Å². The van der Waals surface area contributed by atoms with Crippen LogP contribution in [0.25, 0.3) is 0 Å². The van der Waals surface area contributed by atoms with E-state index < -0.39 is 34.3 Å². The molecule has 0 spiro atoms. The summed E-state index contributed by atoms with van der Waals surface area (Å²) in [5, 5.41) is 2.91. The number of nitrogens with one attached hydrogen (secondary N) is 1. The molecule has 3 aromatic carbocycles. The first-order chi connectivity index (χ1) is 18.5. The number of carbonyl (C=O) groups excluding carboxylic acids is 2. The molecule has 0 aliphatic heterocycles. The fraction of sp³-hybridized carbons (Fsp3) is 0.333. The van der Waals surface area contributed by atoms with Gasteiger partial charge in [-0.25, -0.2) is 12.8 Å². The molecule has 0 aliphatic carbocycles. The third-order valence-electron chi connectivity index (χ3n) is 6.23. The summed E-state index contributed by atoms with van der Waals surface area (Å²) in [7, 11) is -4.19. The Bertz CT molecular complexity index is 1360. The van der Waals surface area contributed by atoms with E-state index in [1.165, 1.54) is 29.2 Å². The predicted octanol–water partition coefficient (Wildman–Crippen LogP) is 4.91. The zero-order valence-corrected chi connectivity index (χ0v) is 23.6. The summed E-state index contributed by atoms with van der Waals surface area (Å²) < 4.78 is 42.1. The number of hydrogen-bond acceptors (Lipinski definition) is 4. The van der Waals surface area contributed by atoms with Crippen molar-refractivity contribution in [2.24, 2.45) is 5.92 Å². The molecule has 0 fully saturated rings. The van der Waals surface area contributed by atoms with E-state index in [0.29, 0.717) is 13.0 Å². The molecular formula is C30H36FN3O4S. The molecule has 3 aromatic rings. The maximum atomic E-state index is 14.0. The maximum absolute atomic E-state index is 14.0. The molecule has 1 N–H and O–H groups in total. The molecule has 0 saturated carbocycles. The number of amides is 2. The van der Waals surface area contributed by atoms with Crippen molar-refractivity contribution in [3.8, 4) is 0 Å². The molecule has 208 valence electrons. The van der Waals surface area contributed by atoms with Crippen LogP contribution < -0.4 is 9.62 Å². The van der Waals surface area contributed by atoms with Gasteiger partial charge in [0.1, 0.15) is 18.4 Å². The van der Waals surface area contributed by atoms with Gasteiger partial charge in [0.15, 0.2) is 0 Å². The highest BCUT2D eigenvalue weighted by Crippen LogP contribution is 2.25. The van der Waals surface area contributed by atoms with E-state index in [1.54, 1.807) is 18.2 Å². The summed E-state index contributed by atoms with van der Waals surface area (Å²) in [4.78, 5) is 28.6. The molecule has 3 rings (SSSR count). The number of benzene rings is 3. The number of sulfonamides is 1. The molecule has 1 unspecified atom stereocenters. The average Bonchev–Trinajstić information content (AvgIpc) is 2.91. The van der Waals surface area contributed by atoms with Gasteiger partial charge in [-0.3, -0.25) is 13.9 Å². The Kier molecular flexibility index (Phi) is 10.2. The van der Waals surface area contributed by atoms with Crippen LogP contribution in [0.15, 0.2) is 83.8 Å². The first-order valence-corrected chi connectivity index (χ1v) is 14.4. The van der Waals surface area contributed by atoms with Crippen LogP contribution in [0, 0.1) is 18.7 Å². The normalized spacial score (nSPS) is 12.2. The van der Waals surface area contributed by atoms with E-state index in [0.717, 1.165) is 27.6 Å². The topological polar surface area (TPSA) is 86.8 Å². The number of hydrogen-bond donors (Lipinski definition) is 1. The van der Waals surface area contributed by atoms with E-state index >= 15 is 0 Å². The summed E-state index contributed by atoms with van der Waals surface area (Å²) in [5.74, 6) is -1.16. The van der Waals surface area contributed by atoms with Gasteiger partial charge in [0, 0.05) is 13.1 Å². The summed E-state index contributed by atoms with van der Waals surface area (Å²) in [6, 6.07) is 19.5. The Hall–Kier alpha value is -3.72. The lowest BCUT2D eigenvalue weighted by Crippen LogP contribution is -2.52. The number of rotatable bonds is 12. The van der Waals surface area contributed by atoms with Gasteiger partial charge in [0.25, 0.3) is 10.0 Å². The Morgan fingerprint density at radius 2 is 1.62 bits per heavy atom.